The van der Waals surface area contributed by atoms with Gasteiger partial charge in [0.25, 0.3) is 0 Å². The third-order valence-electron chi connectivity index (χ3n) is 2.65. The molecule has 6 heteroatoms. The third kappa shape index (κ3) is 4.13. The van der Waals surface area contributed by atoms with E-state index in [0.717, 1.165) is 21.6 Å². The van der Waals surface area contributed by atoms with E-state index in [2.05, 4.69) is 15.9 Å². The number of aliphatic carboxylic acids is 1. The van der Waals surface area contributed by atoms with Crippen LogP contribution in [0, 0.1) is 0 Å². The van der Waals surface area contributed by atoms with Crippen LogP contribution in [0.5, 0.6) is 0 Å². The van der Waals surface area contributed by atoms with Crippen LogP contribution in [0.1, 0.15) is 5.76 Å². The Balaban J connectivity index is 1.92. The third-order valence-corrected chi connectivity index (χ3v) is 4.26. The van der Waals surface area contributed by atoms with Gasteiger partial charge in [-0.1, -0.05) is 28.1 Å². The first-order valence-electron chi connectivity index (χ1n) is 5.97. The number of carboxylic acid groups (broad SMARTS) is 1. The van der Waals surface area contributed by atoms with Gasteiger partial charge in [-0.2, -0.15) is 11.8 Å². The molecular formula is C14H14BrNO3S. The molecule has 1 heterocycles. The van der Waals surface area contributed by atoms with Crippen molar-refractivity contribution in [3.8, 4) is 11.3 Å². The zero-order valence-electron chi connectivity index (χ0n) is 10.6. The summed E-state index contributed by atoms with van der Waals surface area (Å²) in [5, 5.41) is 8.69. The topological polar surface area (TPSA) is 76.5 Å². The van der Waals surface area contributed by atoms with Crippen LogP contribution in [0.25, 0.3) is 11.3 Å². The zero-order valence-corrected chi connectivity index (χ0v) is 13.0. The lowest BCUT2D eigenvalue weighted by atomic mass is 10.2. The monoisotopic (exact) mass is 355 g/mol. The van der Waals surface area contributed by atoms with E-state index in [1.165, 1.54) is 11.8 Å². The van der Waals surface area contributed by atoms with Crippen LogP contribution in [-0.4, -0.2) is 22.9 Å². The number of carboxylic acids is 1. The van der Waals surface area contributed by atoms with E-state index < -0.39 is 12.0 Å². The summed E-state index contributed by atoms with van der Waals surface area (Å²) < 4.78 is 6.75. The molecule has 0 unspecified atom stereocenters. The molecule has 3 N–H and O–H groups in total. The average Bonchev–Trinajstić information content (AvgIpc) is 2.88. The van der Waals surface area contributed by atoms with Gasteiger partial charge in [-0.05, 0) is 24.3 Å². The molecule has 20 heavy (non-hydrogen) atoms. The highest BCUT2D eigenvalue weighted by atomic mass is 79.9. The molecule has 0 saturated heterocycles. The fourth-order valence-electron chi connectivity index (χ4n) is 1.58. The van der Waals surface area contributed by atoms with Gasteiger partial charge in [0.05, 0.1) is 5.75 Å². The summed E-state index contributed by atoms with van der Waals surface area (Å²) in [6.45, 7) is 0. The highest BCUT2D eigenvalue weighted by Gasteiger charge is 2.12. The Labute approximate surface area is 129 Å². The summed E-state index contributed by atoms with van der Waals surface area (Å²) in [4.78, 5) is 10.6. The fourth-order valence-corrected chi connectivity index (χ4v) is 2.72. The zero-order chi connectivity index (χ0) is 14.5. The maximum absolute atomic E-state index is 10.6. The number of hydrogen-bond donors (Lipinski definition) is 2. The molecule has 106 valence electrons. The van der Waals surface area contributed by atoms with Gasteiger partial charge in [0, 0.05) is 15.8 Å². The quantitative estimate of drug-likeness (QED) is 0.830. The van der Waals surface area contributed by atoms with E-state index in [4.69, 9.17) is 15.3 Å². The van der Waals surface area contributed by atoms with Crippen LogP contribution in [0.3, 0.4) is 0 Å². The van der Waals surface area contributed by atoms with Crippen molar-refractivity contribution in [2.24, 2.45) is 5.73 Å². The lowest BCUT2D eigenvalue weighted by molar-refractivity contribution is -0.137. The van der Waals surface area contributed by atoms with E-state index in [9.17, 15) is 4.79 Å². The van der Waals surface area contributed by atoms with Gasteiger partial charge in [-0.3, -0.25) is 4.79 Å². The predicted molar refractivity (Wildman–Crippen MR) is 83.6 cm³/mol. The molecule has 0 aliphatic carbocycles. The molecule has 0 radical (unpaired) electrons. The van der Waals surface area contributed by atoms with E-state index in [1.807, 2.05) is 36.4 Å². The summed E-state index contributed by atoms with van der Waals surface area (Å²) in [6.07, 6.45) is 0. The number of hydrogen-bond acceptors (Lipinski definition) is 4. The summed E-state index contributed by atoms with van der Waals surface area (Å²) in [5.41, 5.74) is 6.44. The van der Waals surface area contributed by atoms with Gasteiger partial charge in [-0.25, -0.2) is 0 Å². The van der Waals surface area contributed by atoms with Crippen LogP contribution in [0.4, 0.5) is 0 Å². The van der Waals surface area contributed by atoms with Gasteiger partial charge in [0.2, 0.25) is 0 Å². The van der Waals surface area contributed by atoms with E-state index in [1.54, 1.807) is 0 Å². The van der Waals surface area contributed by atoms with Gasteiger partial charge >= 0.3 is 5.97 Å². The number of carbonyl (C=O) groups is 1. The molecule has 0 spiro atoms. The van der Waals surface area contributed by atoms with Crippen molar-refractivity contribution >= 4 is 33.7 Å². The molecule has 0 saturated carbocycles. The summed E-state index contributed by atoms with van der Waals surface area (Å²) >= 11 is 4.84. The van der Waals surface area contributed by atoms with Gasteiger partial charge in [0.15, 0.2) is 0 Å². The second kappa shape index (κ2) is 6.97. The maximum Gasteiger partial charge on any atom is 0.321 e. The number of thioether (sulfide) groups is 1. The Kier molecular flexibility index (Phi) is 5.28. The number of halogens is 1. The lowest BCUT2D eigenvalue weighted by Crippen LogP contribution is -2.32. The van der Waals surface area contributed by atoms with Crippen LogP contribution in [0.15, 0.2) is 45.3 Å². The molecule has 0 bridgehead atoms. The van der Waals surface area contributed by atoms with Crippen molar-refractivity contribution < 1.29 is 14.3 Å². The minimum Gasteiger partial charge on any atom is -0.480 e. The van der Waals surface area contributed by atoms with Crippen LogP contribution < -0.4 is 5.73 Å². The SMILES string of the molecule is N[C@H](CSCc1ccc(-c2ccc(Br)cc2)o1)C(=O)O. The first kappa shape index (κ1) is 15.2. The van der Waals surface area contributed by atoms with Gasteiger partial charge in [-0.15, -0.1) is 0 Å². The van der Waals surface area contributed by atoms with Crippen molar-refractivity contribution in [2.75, 3.05) is 5.75 Å². The Morgan fingerprint density at radius 1 is 1.30 bits per heavy atom. The van der Waals surface area contributed by atoms with Crippen molar-refractivity contribution in [1.29, 1.82) is 0 Å². The minimum atomic E-state index is -0.979. The molecule has 2 rings (SSSR count). The molecule has 0 aliphatic rings. The first-order valence-corrected chi connectivity index (χ1v) is 7.92. The Hall–Kier alpha value is -1.24. The molecule has 0 amide bonds. The Morgan fingerprint density at radius 2 is 2.00 bits per heavy atom. The van der Waals surface area contributed by atoms with Gasteiger partial charge < -0.3 is 15.3 Å². The first-order chi connectivity index (χ1) is 9.56. The number of rotatable bonds is 6. The summed E-state index contributed by atoms with van der Waals surface area (Å²) in [5.74, 6) is 1.61. The van der Waals surface area contributed by atoms with E-state index >= 15 is 0 Å². The van der Waals surface area contributed by atoms with Crippen LogP contribution in [-0.2, 0) is 10.5 Å². The van der Waals surface area contributed by atoms with Crippen molar-refractivity contribution in [3.63, 3.8) is 0 Å². The van der Waals surface area contributed by atoms with Crippen LogP contribution in [0.2, 0.25) is 0 Å². The number of furan rings is 1. The normalized spacial score (nSPS) is 12.3. The molecule has 1 aromatic heterocycles. The smallest absolute Gasteiger partial charge is 0.321 e. The second-order valence-electron chi connectivity index (χ2n) is 4.23. The fraction of sp³-hybridized carbons (Fsp3) is 0.214. The molecule has 1 atom stereocenters. The summed E-state index contributed by atoms with van der Waals surface area (Å²) in [7, 11) is 0. The largest absolute Gasteiger partial charge is 0.480 e. The summed E-state index contributed by atoms with van der Waals surface area (Å²) in [6, 6.07) is 10.8. The van der Waals surface area contributed by atoms with Crippen LogP contribution >= 0.6 is 27.7 Å². The molecule has 0 aliphatic heterocycles. The predicted octanol–water partition coefficient (Wildman–Crippen LogP) is 3.35. The molecule has 1 aromatic carbocycles. The molecular weight excluding hydrogens is 342 g/mol. The van der Waals surface area contributed by atoms with E-state index in [0.29, 0.717) is 11.5 Å². The molecule has 2 aromatic rings. The molecule has 4 nitrogen and oxygen atoms in total. The standard InChI is InChI=1S/C14H14BrNO3S/c15-10-3-1-9(2-4-10)13-6-5-11(19-13)7-20-8-12(16)14(17)18/h1-6,12H,7-8,16H2,(H,17,18)/t12-/m1/s1. The highest BCUT2D eigenvalue weighted by Crippen LogP contribution is 2.25. The minimum absolute atomic E-state index is 0.365. The Bertz CT molecular complexity index is 582. The number of benzene rings is 1. The van der Waals surface area contributed by atoms with Crippen molar-refractivity contribution in [2.45, 2.75) is 11.8 Å². The van der Waals surface area contributed by atoms with Crippen molar-refractivity contribution in [1.82, 2.24) is 0 Å². The average molecular weight is 356 g/mol. The lowest BCUT2D eigenvalue weighted by Gasteiger charge is -2.04. The highest BCUT2D eigenvalue weighted by molar-refractivity contribution is 9.10. The Morgan fingerprint density at radius 3 is 2.65 bits per heavy atom. The van der Waals surface area contributed by atoms with Gasteiger partial charge in [0.1, 0.15) is 17.6 Å². The molecule has 0 fully saturated rings. The van der Waals surface area contributed by atoms with E-state index in [-0.39, 0.29) is 0 Å². The maximum atomic E-state index is 10.6. The number of nitrogens with two attached hydrogens (primary N) is 1. The second-order valence-corrected chi connectivity index (χ2v) is 6.18. The van der Waals surface area contributed by atoms with Crippen molar-refractivity contribution in [3.05, 3.63) is 46.6 Å².